The number of anilines is 4. The quantitative estimate of drug-likeness (QED) is 0.400. The molecule has 0 amide bonds. The van der Waals surface area contributed by atoms with Gasteiger partial charge in [0, 0.05) is 6.20 Å². The third kappa shape index (κ3) is 6.17. The van der Waals surface area contributed by atoms with Crippen LogP contribution in [0, 0.1) is 0 Å². The lowest BCUT2D eigenvalue weighted by molar-refractivity contribution is -0.137. The third-order valence-corrected chi connectivity index (χ3v) is 5.79. The summed E-state index contributed by atoms with van der Waals surface area (Å²) in [5.41, 5.74) is -0.0753. The molecule has 12 heteroatoms. The van der Waals surface area contributed by atoms with Gasteiger partial charge in [-0.05, 0) is 51.4 Å². The van der Waals surface area contributed by atoms with Crippen LogP contribution in [-0.4, -0.2) is 41.5 Å². The Morgan fingerprint density at radius 2 is 1.71 bits per heavy atom. The molecule has 0 aliphatic rings. The molecule has 8 nitrogen and oxygen atoms in total. The van der Waals surface area contributed by atoms with E-state index in [2.05, 4.69) is 25.6 Å². The normalized spacial score (nSPS) is 11.9. The van der Waals surface area contributed by atoms with Gasteiger partial charge in [0.2, 0.25) is 11.8 Å². The van der Waals surface area contributed by atoms with E-state index in [1.807, 2.05) is 13.8 Å². The largest absolute Gasteiger partial charge is 0.489 e. The van der Waals surface area contributed by atoms with Crippen LogP contribution in [0.4, 0.5) is 36.3 Å². The molecule has 2 N–H and O–H groups in total. The average Bonchev–Trinajstić information content (AvgIpc) is 2.73. The summed E-state index contributed by atoms with van der Waals surface area (Å²) < 4.78 is 64.2. The molecule has 0 fully saturated rings. The minimum atomic E-state index is -4.70. The number of ether oxygens (including phenoxy) is 2. The SMILES string of the molecule is COc1nc(P(C)(C)=O)ccc1Nc1ncc(C(F)(F)F)c(Nc2ccccc2OC(C)C)n1. The van der Waals surface area contributed by atoms with Crippen molar-refractivity contribution in [2.24, 2.45) is 0 Å². The lowest BCUT2D eigenvalue weighted by atomic mass is 10.2. The van der Waals surface area contributed by atoms with Gasteiger partial charge in [-0.1, -0.05) is 12.1 Å². The Morgan fingerprint density at radius 1 is 1.00 bits per heavy atom. The van der Waals surface area contributed by atoms with Crippen LogP contribution in [0.2, 0.25) is 0 Å². The summed E-state index contributed by atoms with van der Waals surface area (Å²) in [6.45, 7) is 6.76. The van der Waals surface area contributed by atoms with E-state index in [4.69, 9.17) is 9.47 Å². The van der Waals surface area contributed by atoms with Crippen LogP contribution in [0.25, 0.3) is 0 Å². The minimum absolute atomic E-state index is 0.107. The molecular formula is C22H25F3N5O3P. The lowest BCUT2D eigenvalue weighted by Crippen LogP contribution is -2.14. The molecule has 3 rings (SSSR count). The summed E-state index contributed by atoms with van der Waals surface area (Å²) in [5.74, 6) is -0.0966. The van der Waals surface area contributed by atoms with Crippen molar-refractivity contribution >= 4 is 35.7 Å². The Morgan fingerprint density at radius 3 is 2.32 bits per heavy atom. The highest BCUT2D eigenvalue weighted by Crippen LogP contribution is 2.38. The Kier molecular flexibility index (Phi) is 7.35. The fourth-order valence-corrected chi connectivity index (χ4v) is 3.67. The van der Waals surface area contributed by atoms with Crippen LogP contribution in [0.1, 0.15) is 19.4 Å². The summed E-state index contributed by atoms with van der Waals surface area (Å²) in [6, 6.07) is 9.73. The molecule has 2 aromatic heterocycles. The smallest absolute Gasteiger partial charge is 0.421 e. The van der Waals surface area contributed by atoms with Gasteiger partial charge in [0.15, 0.2) is 0 Å². The van der Waals surface area contributed by atoms with Crippen molar-refractivity contribution in [2.75, 3.05) is 31.1 Å². The van der Waals surface area contributed by atoms with Crippen LogP contribution in [-0.2, 0) is 10.7 Å². The second kappa shape index (κ2) is 9.89. The van der Waals surface area contributed by atoms with Crippen LogP contribution < -0.4 is 25.5 Å². The number of pyridine rings is 1. The van der Waals surface area contributed by atoms with E-state index in [9.17, 15) is 17.7 Å². The molecule has 0 spiro atoms. The summed E-state index contributed by atoms with van der Waals surface area (Å²) >= 11 is 0. The number of hydrogen-bond donors (Lipinski definition) is 2. The number of para-hydroxylation sites is 2. The van der Waals surface area contributed by atoms with E-state index in [1.165, 1.54) is 7.11 Å². The topological polar surface area (TPSA) is 98.3 Å². The predicted octanol–water partition coefficient (Wildman–Crippen LogP) is 5.42. The van der Waals surface area contributed by atoms with Crippen molar-refractivity contribution in [3.05, 3.63) is 48.2 Å². The zero-order valence-corrected chi connectivity index (χ0v) is 20.2. The second-order valence-electron chi connectivity index (χ2n) is 7.94. The molecule has 2 heterocycles. The first-order valence-electron chi connectivity index (χ1n) is 10.2. The van der Waals surface area contributed by atoms with E-state index < -0.39 is 24.7 Å². The number of aromatic nitrogens is 3. The standard InChI is InChI=1S/C22H25F3N5O3P/c1-13(2)33-17-9-7-6-8-15(17)27-19-14(22(23,24)25)12-26-21(30-19)28-16-10-11-18(34(4,5)31)29-20(16)32-3/h6-13H,1-5H3,(H2,26,27,28,30). The molecule has 0 atom stereocenters. The number of methoxy groups -OCH3 is 1. The van der Waals surface area contributed by atoms with Crippen LogP contribution in [0.3, 0.4) is 0 Å². The monoisotopic (exact) mass is 495 g/mol. The molecule has 182 valence electrons. The summed E-state index contributed by atoms with van der Waals surface area (Å²) in [6.07, 6.45) is -4.19. The number of halogens is 3. The molecule has 34 heavy (non-hydrogen) atoms. The van der Waals surface area contributed by atoms with Crippen LogP contribution in [0.5, 0.6) is 11.6 Å². The average molecular weight is 495 g/mol. The fraction of sp³-hybridized carbons (Fsp3) is 0.318. The van der Waals surface area contributed by atoms with Crippen molar-refractivity contribution in [3.63, 3.8) is 0 Å². The predicted molar refractivity (Wildman–Crippen MR) is 126 cm³/mol. The van der Waals surface area contributed by atoms with E-state index in [0.29, 0.717) is 28.8 Å². The zero-order valence-electron chi connectivity index (χ0n) is 19.3. The van der Waals surface area contributed by atoms with Crippen molar-refractivity contribution in [3.8, 4) is 11.6 Å². The molecular weight excluding hydrogens is 470 g/mol. The highest BCUT2D eigenvalue weighted by molar-refractivity contribution is 7.69. The van der Waals surface area contributed by atoms with E-state index in [1.54, 1.807) is 49.7 Å². The first-order valence-corrected chi connectivity index (χ1v) is 12.8. The third-order valence-electron chi connectivity index (χ3n) is 4.43. The number of benzene rings is 1. The zero-order chi connectivity index (χ0) is 25.1. The summed E-state index contributed by atoms with van der Waals surface area (Å²) in [5, 5.41) is 5.53. The maximum absolute atomic E-state index is 13.7. The Balaban J connectivity index is 2.00. The van der Waals surface area contributed by atoms with Gasteiger partial charge in [0.05, 0.1) is 18.9 Å². The second-order valence-corrected chi connectivity index (χ2v) is 11.1. The fourth-order valence-electron chi connectivity index (χ4n) is 2.90. The Labute approximate surface area is 195 Å². The molecule has 0 radical (unpaired) electrons. The number of nitrogens with zero attached hydrogens (tertiary/aromatic N) is 3. The lowest BCUT2D eigenvalue weighted by Gasteiger charge is -2.18. The van der Waals surface area contributed by atoms with Crippen molar-refractivity contribution in [1.82, 2.24) is 15.0 Å². The van der Waals surface area contributed by atoms with Gasteiger partial charge in [-0.25, -0.2) is 9.97 Å². The van der Waals surface area contributed by atoms with Gasteiger partial charge in [0.25, 0.3) is 0 Å². The Bertz CT molecular complexity index is 1210. The van der Waals surface area contributed by atoms with E-state index in [0.717, 1.165) is 0 Å². The summed E-state index contributed by atoms with van der Waals surface area (Å²) in [4.78, 5) is 12.1. The van der Waals surface area contributed by atoms with Gasteiger partial charge in [-0.3, -0.25) is 0 Å². The van der Waals surface area contributed by atoms with Crippen LogP contribution in [0.15, 0.2) is 42.6 Å². The molecule has 0 aliphatic heterocycles. The highest BCUT2D eigenvalue weighted by Gasteiger charge is 2.35. The van der Waals surface area contributed by atoms with E-state index in [-0.39, 0.29) is 17.9 Å². The minimum Gasteiger partial charge on any atom is -0.489 e. The first-order chi connectivity index (χ1) is 15.9. The Hall–Kier alpha value is -3.33. The molecule has 1 aromatic carbocycles. The summed E-state index contributed by atoms with van der Waals surface area (Å²) in [7, 11) is -1.27. The molecule has 0 saturated heterocycles. The number of hydrogen-bond acceptors (Lipinski definition) is 8. The van der Waals surface area contributed by atoms with Crippen molar-refractivity contribution in [2.45, 2.75) is 26.1 Å². The van der Waals surface area contributed by atoms with Crippen LogP contribution >= 0.6 is 7.14 Å². The highest BCUT2D eigenvalue weighted by atomic mass is 31.2. The molecule has 0 aliphatic carbocycles. The molecule has 0 unspecified atom stereocenters. The number of rotatable bonds is 8. The van der Waals surface area contributed by atoms with Crippen molar-refractivity contribution < 1.29 is 27.2 Å². The number of alkyl halides is 3. The molecule has 3 aromatic rings. The van der Waals surface area contributed by atoms with Gasteiger partial charge in [0.1, 0.15) is 35.4 Å². The van der Waals surface area contributed by atoms with Gasteiger partial charge >= 0.3 is 6.18 Å². The van der Waals surface area contributed by atoms with Gasteiger partial charge in [-0.2, -0.15) is 18.2 Å². The maximum atomic E-state index is 13.7. The van der Waals surface area contributed by atoms with Gasteiger partial charge in [-0.15, -0.1) is 0 Å². The molecule has 0 saturated carbocycles. The first kappa shape index (κ1) is 25.3. The number of nitrogens with one attached hydrogen (secondary N) is 2. The maximum Gasteiger partial charge on any atom is 0.421 e. The van der Waals surface area contributed by atoms with E-state index >= 15 is 0 Å². The van der Waals surface area contributed by atoms with Gasteiger partial charge < -0.3 is 24.7 Å². The molecule has 0 bridgehead atoms. The van der Waals surface area contributed by atoms with Crippen molar-refractivity contribution in [1.29, 1.82) is 0 Å².